The van der Waals surface area contributed by atoms with Gasteiger partial charge in [-0.25, -0.2) is 28.5 Å². The van der Waals surface area contributed by atoms with Crippen LogP contribution in [-0.4, -0.2) is 47.3 Å². The summed E-state index contributed by atoms with van der Waals surface area (Å²) in [6.07, 6.45) is -1.68. The first-order chi connectivity index (χ1) is 18.7. The molecule has 0 radical (unpaired) electrons. The number of rotatable bonds is 5. The first-order valence-electron chi connectivity index (χ1n) is 11.5. The second-order valence-corrected chi connectivity index (χ2v) is 8.32. The molecule has 39 heavy (non-hydrogen) atoms. The lowest BCUT2D eigenvalue weighted by atomic mass is 10.2. The highest BCUT2D eigenvalue weighted by Gasteiger charge is 2.31. The zero-order valence-corrected chi connectivity index (χ0v) is 19.9. The van der Waals surface area contributed by atoms with Crippen molar-refractivity contribution in [2.24, 2.45) is 0 Å². The van der Waals surface area contributed by atoms with Crippen LogP contribution in [0.25, 0.3) is 11.2 Å². The Kier molecular flexibility index (Phi) is 7.11. The summed E-state index contributed by atoms with van der Waals surface area (Å²) in [5, 5.41) is 4.07. The monoisotopic (exact) mass is 546 g/mol. The van der Waals surface area contributed by atoms with Crippen molar-refractivity contribution in [1.82, 2.24) is 15.0 Å². The van der Waals surface area contributed by atoms with Crippen LogP contribution >= 0.6 is 0 Å². The number of hydrogen-bond acceptors (Lipinski definition) is 7. The molecule has 0 atom stereocenters. The molecule has 1 aliphatic rings. The lowest BCUT2D eigenvalue weighted by molar-refractivity contribution is -0.137. The predicted octanol–water partition coefficient (Wildman–Crippen LogP) is 5.59. The van der Waals surface area contributed by atoms with Crippen molar-refractivity contribution in [1.29, 1.82) is 0 Å². The van der Waals surface area contributed by atoms with Gasteiger partial charge in [0.2, 0.25) is 0 Å². The minimum atomic E-state index is -4.74. The molecule has 3 heterocycles. The van der Waals surface area contributed by atoms with Crippen molar-refractivity contribution in [3.63, 3.8) is 0 Å². The molecule has 5 rings (SSSR count). The second-order valence-electron chi connectivity index (χ2n) is 8.32. The van der Waals surface area contributed by atoms with Gasteiger partial charge in [-0.05, 0) is 30.3 Å². The maximum absolute atomic E-state index is 14.7. The van der Waals surface area contributed by atoms with E-state index in [1.54, 1.807) is 6.20 Å². The number of anilines is 3. The van der Waals surface area contributed by atoms with Gasteiger partial charge in [-0.15, -0.1) is 0 Å². The first kappa shape index (κ1) is 26.0. The summed E-state index contributed by atoms with van der Waals surface area (Å²) in [7, 11) is 0. The fraction of sp³-hybridized carbons (Fsp3) is 0.200. The number of carbonyl (C=O) groups is 1. The van der Waals surface area contributed by atoms with E-state index < -0.39 is 35.1 Å². The van der Waals surface area contributed by atoms with Gasteiger partial charge in [0, 0.05) is 31.4 Å². The fourth-order valence-corrected chi connectivity index (χ4v) is 3.78. The van der Waals surface area contributed by atoms with Crippen molar-refractivity contribution in [3.05, 3.63) is 72.1 Å². The van der Waals surface area contributed by atoms with Crippen molar-refractivity contribution >= 4 is 34.4 Å². The molecule has 1 aliphatic heterocycles. The van der Waals surface area contributed by atoms with Crippen molar-refractivity contribution < 1.29 is 36.2 Å². The Hall–Kier alpha value is -4.59. The number of pyridine rings is 1. The Morgan fingerprint density at radius 1 is 0.949 bits per heavy atom. The number of fused-ring (bicyclic) bond motifs is 1. The van der Waals surface area contributed by atoms with E-state index in [0.717, 1.165) is 6.07 Å². The quantitative estimate of drug-likeness (QED) is 0.315. The van der Waals surface area contributed by atoms with E-state index in [2.05, 4.69) is 20.3 Å². The van der Waals surface area contributed by atoms with Crippen molar-refractivity contribution in [2.75, 3.05) is 41.8 Å². The van der Waals surface area contributed by atoms with E-state index >= 15 is 0 Å². The number of carbonyl (C=O) groups excluding carboxylic acids is 1. The number of nitrogens with one attached hydrogen (secondary N) is 2. The number of hydrogen-bond donors (Lipinski definition) is 2. The lowest BCUT2D eigenvalue weighted by Gasteiger charge is -2.27. The second kappa shape index (κ2) is 10.6. The van der Waals surface area contributed by atoms with Gasteiger partial charge in [-0.3, -0.25) is 0 Å². The topological polar surface area (TPSA) is 102 Å². The summed E-state index contributed by atoms with van der Waals surface area (Å²) in [5.41, 5.74) is -1.52. The molecule has 1 saturated heterocycles. The molecular formula is C25H19F5N6O3. The molecule has 0 unspecified atom stereocenters. The number of ether oxygens (including phenoxy) is 2. The third-order valence-corrected chi connectivity index (χ3v) is 5.69. The molecule has 14 heteroatoms. The van der Waals surface area contributed by atoms with Gasteiger partial charge in [-0.2, -0.15) is 13.2 Å². The predicted molar refractivity (Wildman–Crippen MR) is 131 cm³/mol. The third-order valence-electron chi connectivity index (χ3n) is 5.69. The van der Waals surface area contributed by atoms with E-state index in [1.165, 1.54) is 24.4 Å². The number of morpholine rings is 1. The van der Waals surface area contributed by atoms with Gasteiger partial charge >= 0.3 is 12.2 Å². The Morgan fingerprint density at radius 2 is 1.72 bits per heavy atom. The first-order valence-corrected chi connectivity index (χ1v) is 11.5. The molecule has 0 saturated carbocycles. The zero-order chi connectivity index (χ0) is 27.6. The Bertz CT molecular complexity index is 1530. The smallest absolute Gasteiger partial charge is 0.416 e. The van der Waals surface area contributed by atoms with Crippen LogP contribution in [0.5, 0.6) is 11.5 Å². The molecule has 202 valence electrons. The van der Waals surface area contributed by atoms with Gasteiger partial charge in [0.25, 0.3) is 0 Å². The molecule has 2 N–H and O–H groups in total. The Labute approximate surface area is 217 Å². The lowest BCUT2D eigenvalue weighted by Crippen LogP contribution is -2.36. The molecule has 1 fully saturated rings. The summed E-state index contributed by atoms with van der Waals surface area (Å²) in [5.74, 6) is -1.04. The number of nitrogens with zero attached hydrogens (tertiary/aromatic N) is 4. The van der Waals surface area contributed by atoms with Gasteiger partial charge in [-0.1, -0.05) is 0 Å². The highest BCUT2D eigenvalue weighted by Crippen LogP contribution is 2.32. The molecule has 4 aromatic rings. The SMILES string of the molecule is O=C(Nc1ccc(Oc2ccnc3nc(N4CCOCC4)cnc23)cc1F)Nc1cc(C(F)(F)F)ccc1F. The maximum Gasteiger partial charge on any atom is 0.416 e. The van der Waals surface area contributed by atoms with Gasteiger partial charge in [0.05, 0.1) is 36.3 Å². The van der Waals surface area contributed by atoms with E-state index in [-0.39, 0.29) is 17.2 Å². The average molecular weight is 546 g/mol. The molecule has 9 nitrogen and oxygen atoms in total. The summed E-state index contributed by atoms with van der Waals surface area (Å²) < 4.78 is 78.4. The average Bonchev–Trinajstić information content (AvgIpc) is 2.91. The van der Waals surface area contributed by atoms with Gasteiger partial charge in [0.1, 0.15) is 23.2 Å². The minimum Gasteiger partial charge on any atom is -0.455 e. The number of urea groups is 1. The Balaban J connectivity index is 1.29. The number of aromatic nitrogens is 3. The number of alkyl halides is 3. The number of amides is 2. The molecule has 0 spiro atoms. The third kappa shape index (κ3) is 5.95. The van der Waals surface area contributed by atoms with Crippen LogP contribution in [-0.2, 0) is 10.9 Å². The highest BCUT2D eigenvalue weighted by atomic mass is 19.4. The van der Waals surface area contributed by atoms with Crippen LogP contribution in [0, 0.1) is 11.6 Å². The largest absolute Gasteiger partial charge is 0.455 e. The molecule has 2 aromatic heterocycles. The summed E-state index contributed by atoms with van der Waals surface area (Å²) >= 11 is 0. The van der Waals surface area contributed by atoms with Crippen LogP contribution in [0.3, 0.4) is 0 Å². The van der Waals surface area contributed by atoms with E-state index in [9.17, 15) is 26.7 Å². The van der Waals surface area contributed by atoms with E-state index in [1.807, 2.05) is 10.2 Å². The van der Waals surface area contributed by atoms with Crippen molar-refractivity contribution in [3.8, 4) is 11.5 Å². The van der Waals surface area contributed by atoms with E-state index in [4.69, 9.17) is 9.47 Å². The summed E-state index contributed by atoms with van der Waals surface area (Å²) in [6.45, 7) is 2.50. The standard InChI is InChI=1S/C25H19F5N6O3/c26-16-3-1-14(25(28,29)30)11-19(16)34-24(37)33-18-4-2-15(12-17(18)27)39-20-5-6-31-23-22(20)32-13-21(35-23)36-7-9-38-10-8-36/h1-6,11-13H,7-10H2,(H2,33,34,37). The van der Waals surface area contributed by atoms with Crippen LogP contribution < -0.4 is 20.3 Å². The Morgan fingerprint density at radius 3 is 2.46 bits per heavy atom. The number of halogens is 5. The normalized spacial score (nSPS) is 13.8. The number of benzene rings is 2. The van der Waals surface area contributed by atoms with Gasteiger partial charge < -0.3 is 25.0 Å². The van der Waals surface area contributed by atoms with Crippen LogP contribution in [0.4, 0.5) is 43.9 Å². The fourth-order valence-electron chi connectivity index (χ4n) is 3.78. The van der Waals surface area contributed by atoms with Crippen LogP contribution in [0.1, 0.15) is 5.56 Å². The van der Waals surface area contributed by atoms with Gasteiger partial charge in [0.15, 0.2) is 16.9 Å². The molecule has 0 aliphatic carbocycles. The maximum atomic E-state index is 14.7. The molecule has 2 aromatic carbocycles. The molecular weight excluding hydrogens is 527 g/mol. The zero-order valence-electron chi connectivity index (χ0n) is 19.9. The van der Waals surface area contributed by atoms with E-state index in [0.29, 0.717) is 61.5 Å². The van der Waals surface area contributed by atoms with Crippen LogP contribution in [0.2, 0.25) is 0 Å². The summed E-state index contributed by atoms with van der Waals surface area (Å²) in [6, 6.07) is 5.46. The van der Waals surface area contributed by atoms with Crippen molar-refractivity contribution in [2.45, 2.75) is 6.18 Å². The summed E-state index contributed by atoms with van der Waals surface area (Å²) in [4.78, 5) is 27.4. The molecule has 0 bridgehead atoms. The minimum absolute atomic E-state index is 0.0638. The van der Waals surface area contributed by atoms with Crippen LogP contribution in [0.15, 0.2) is 54.9 Å². The molecule has 2 amide bonds. The highest BCUT2D eigenvalue weighted by molar-refractivity contribution is 6.00.